The fraction of sp³-hybridized carbons (Fsp3) is 0.600. The lowest BCUT2D eigenvalue weighted by Gasteiger charge is -2.14. The van der Waals surface area contributed by atoms with Gasteiger partial charge in [-0.2, -0.15) is 9.82 Å². The first-order valence-corrected chi connectivity index (χ1v) is 7.10. The van der Waals surface area contributed by atoms with Gasteiger partial charge >= 0.3 is 5.97 Å². The van der Waals surface area contributed by atoms with E-state index in [1.165, 1.54) is 24.0 Å². The van der Waals surface area contributed by atoms with Crippen LogP contribution in [0.1, 0.15) is 26.2 Å². The average molecular weight is 275 g/mol. The molecule has 0 spiro atoms. The number of aliphatic carboxylic acids is 1. The minimum absolute atomic E-state index is 0.0507. The van der Waals surface area contributed by atoms with Crippen molar-refractivity contribution in [1.82, 2.24) is 14.5 Å². The van der Waals surface area contributed by atoms with Gasteiger partial charge in [0, 0.05) is 7.05 Å². The number of sulfonamides is 1. The van der Waals surface area contributed by atoms with E-state index < -0.39 is 22.0 Å². The molecule has 0 radical (unpaired) electrons. The Morgan fingerprint density at radius 3 is 2.72 bits per heavy atom. The predicted octanol–water partition coefficient (Wildman–Crippen LogP) is 0.342. The molecule has 1 aromatic rings. The minimum atomic E-state index is -3.85. The molecule has 1 atom stereocenters. The molecule has 0 aliphatic rings. The highest BCUT2D eigenvalue weighted by Gasteiger charge is 2.26. The second-order valence-corrected chi connectivity index (χ2v) is 5.61. The summed E-state index contributed by atoms with van der Waals surface area (Å²) in [5.74, 6) is -1.17. The normalized spacial score (nSPS) is 13.4. The van der Waals surface area contributed by atoms with Crippen LogP contribution in [0.4, 0.5) is 0 Å². The summed E-state index contributed by atoms with van der Waals surface area (Å²) in [6.07, 6.45) is 3.06. The number of rotatable bonds is 7. The lowest BCUT2D eigenvalue weighted by molar-refractivity contribution is -0.139. The van der Waals surface area contributed by atoms with E-state index in [0.717, 1.165) is 6.42 Å². The first-order chi connectivity index (χ1) is 8.38. The maximum absolute atomic E-state index is 12.0. The third-order valence-electron chi connectivity index (χ3n) is 2.49. The average Bonchev–Trinajstić information content (AvgIpc) is 2.71. The van der Waals surface area contributed by atoms with E-state index in [0.29, 0.717) is 6.42 Å². The number of hydrogen-bond donors (Lipinski definition) is 2. The standard InChI is InChI=1S/C10H17N3O4S/c1-3-4-5-8(10(14)15)12-18(16,17)9-6-7-11-13(9)2/h6-8,12H,3-5H2,1-2H3,(H,14,15)/t8-/m0/s1. The van der Waals surface area contributed by atoms with Gasteiger partial charge in [0.15, 0.2) is 5.03 Å². The van der Waals surface area contributed by atoms with Crippen LogP contribution in [0.25, 0.3) is 0 Å². The Morgan fingerprint density at radius 1 is 1.61 bits per heavy atom. The zero-order chi connectivity index (χ0) is 13.8. The molecule has 8 heteroatoms. The van der Waals surface area contributed by atoms with Crippen molar-refractivity contribution < 1.29 is 18.3 Å². The zero-order valence-corrected chi connectivity index (χ0v) is 11.1. The number of carboxylic acids is 1. The number of unbranched alkanes of at least 4 members (excludes halogenated alkanes) is 1. The highest BCUT2D eigenvalue weighted by molar-refractivity contribution is 7.89. The van der Waals surface area contributed by atoms with Crippen molar-refractivity contribution in [3.8, 4) is 0 Å². The van der Waals surface area contributed by atoms with Crippen molar-refractivity contribution in [1.29, 1.82) is 0 Å². The van der Waals surface area contributed by atoms with Crippen LogP contribution in [-0.2, 0) is 21.9 Å². The zero-order valence-electron chi connectivity index (χ0n) is 10.3. The van der Waals surface area contributed by atoms with Gasteiger partial charge in [-0.05, 0) is 12.5 Å². The van der Waals surface area contributed by atoms with Crippen molar-refractivity contribution in [3.63, 3.8) is 0 Å². The molecule has 0 fully saturated rings. The molecule has 0 unspecified atom stereocenters. The summed E-state index contributed by atoms with van der Waals surface area (Å²) in [5, 5.41) is 12.7. The molecule has 7 nitrogen and oxygen atoms in total. The van der Waals surface area contributed by atoms with E-state index in [2.05, 4.69) is 9.82 Å². The molecule has 0 bridgehead atoms. The monoisotopic (exact) mass is 275 g/mol. The number of carboxylic acid groups (broad SMARTS) is 1. The highest BCUT2D eigenvalue weighted by atomic mass is 32.2. The molecule has 1 aromatic heterocycles. The van der Waals surface area contributed by atoms with Gasteiger partial charge in [0.05, 0.1) is 6.20 Å². The van der Waals surface area contributed by atoms with Gasteiger partial charge < -0.3 is 5.11 Å². The number of aryl methyl sites for hydroxylation is 1. The van der Waals surface area contributed by atoms with E-state index in [-0.39, 0.29) is 11.4 Å². The molecule has 0 amide bonds. The van der Waals surface area contributed by atoms with Crippen molar-refractivity contribution in [3.05, 3.63) is 12.3 Å². The van der Waals surface area contributed by atoms with E-state index in [1.54, 1.807) is 0 Å². The maximum atomic E-state index is 12.0. The van der Waals surface area contributed by atoms with Gasteiger partial charge in [0.1, 0.15) is 6.04 Å². The van der Waals surface area contributed by atoms with Crippen LogP contribution in [0.15, 0.2) is 17.3 Å². The quantitative estimate of drug-likeness (QED) is 0.747. The number of hydrogen-bond acceptors (Lipinski definition) is 4. The Balaban J connectivity index is 2.86. The molecule has 102 valence electrons. The van der Waals surface area contributed by atoms with Crippen LogP contribution in [-0.4, -0.2) is 35.3 Å². The fourth-order valence-corrected chi connectivity index (χ4v) is 2.86. The van der Waals surface area contributed by atoms with Crippen molar-refractivity contribution >= 4 is 16.0 Å². The summed E-state index contributed by atoms with van der Waals surface area (Å²) in [4.78, 5) is 11.0. The maximum Gasteiger partial charge on any atom is 0.321 e. The van der Waals surface area contributed by atoms with Gasteiger partial charge in [-0.25, -0.2) is 8.42 Å². The Bertz CT molecular complexity index is 509. The first-order valence-electron chi connectivity index (χ1n) is 5.61. The Kier molecular flexibility index (Phi) is 4.85. The third-order valence-corrected chi connectivity index (χ3v) is 4.04. The summed E-state index contributed by atoms with van der Waals surface area (Å²) in [6.45, 7) is 1.91. The Labute approximate surface area is 106 Å². The lowest BCUT2D eigenvalue weighted by atomic mass is 10.1. The third kappa shape index (κ3) is 3.54. The molecular formula is C10H17N3O4S. The predicted molar refractivity (Wildman–Crippen MR) is 64.5 cm³/mol. The SMILES string of the molecule is CCCC[C@H](NS(=O)(=O)c1ccnn1C)C(=O)O. The van der Waals surface area contributed by atoms with E-state index in [1.807, 2.05) is 6.92 Å². The summed E-state index contributed by atoms with van der Waals surface area (Å²) in [6, 6.07) is 0.214. The van der Waals surface area contributed by atoms with Gasteiger partial charge in [-0.15, -0.1) is 0 Å². The number of nitrogens with one attached hydrogen (secondary N) is 1. The van der Waals surface area contributed by atoms with Gasteiger partial charge in [0.25, 0.3) is 10.0 Å². The number of carbonyl (C=O) groups is 1. The van der Waals surface area contributed by atoms with Crippen LogP contribution in [0.2, 0.25) is 0 Å². The van der Waals surface area contributed by atoms with E-state index in [4.69, 9.17) is 5.11 Å². The van der Waals surface area contributed by atoms with Crippen LogP contribution >= 0.6 is 0 Å². The van der Waals surface area contributed by atoms with Crippen molar-refractivity contribution in [2.45, 2.75) is 37.3 Å². The van der Waals surface area contributed by atoms with E-state index in [9.17, 15) is 13.2 Å². The minimum Gasteiger partial charge on any atom is -0.480 e. The number of nitrogens with zero attached hydrogens (tertiary/aromatic N) is 2. The molecule has 0 saturated carbocycles. The molecule has 0 aliphatic carbocycles. The van der Waals surface area contributed by atoms with Gasteiger partial charge in [-0.3, -0.25) is 9.48 Å². The Morgan fingerprint density at radius 2 is 2.28 bits per heavy atom. The van der Waals surface area contributed by atoms with Gasteiger partial charge in [0.2, 0.25) is 0 Å². The van der Waals surface area contributed by atoms with Crippen LogP contribution in [0.5, 0.6) is 0 Å². The van der Waals surface area contributed by atoms with Crippen molar-refractivity contribution in [2.24, 2.45) is 7.05 Å². The fourth-order valence-electron chi connectivity index (χ4n) is 1.51. The van der Waals surface area contributed by atoms with Crippen LogP contribution in [0.3, 0.4) is 0 Å². The molecule has 1 rings (SSSR count). The van der Waals surface area contributed by atoms with Gasteiger partial charge in [-0.1, -0.05) is 19.8 Å². The van der Waals surface area contributed by atoms with Crippen LogP contribution < -0.4 is 4.72 Å². The second kappa shape index (κ2) is 5.96. The molecule has 18 heavy (non-hydrogen) atoms. The summed E-state index contributed by atoms with van der Waals surface area (Å²) in [5.41, 5.74) is 0. The molecule has 0 aliphatic heterocycles. The molecule has 2 N–H and O–H groups in total. The lowest BCUT2D eigenvalue weighted by Crippen LogP contribution is -2.41. The molecule has 0 aromatic carbocycles. The molecule has 1 heterocycles. The highest BCUT2D eigenvalue weighted by Crippen LogP contribution is 2.09. The largest absolute Gasteiger partial charge is 0.480 e. The summed E-state index contributed by atoms with van der Waals surface area (Å²) >= 11 is 0. The van der Waals surface area contributed by atoms with Crippen LogP contribution in [0, 0.1) is 0 Å². The first kappa shape index (κ1) is 14.7. The molecule has 0 saturated heterocycles. The molecular weight excluding hydrogens is 258 g/mol. The second-order valence-electron chi connectivity index (χ2n) is 3.95. The summed E-state index contributed by atoms with van der Waals surface area (Å²) < 4.78 is 27.3. The van der Waals surface area contributed by atoms with E-state index >= 15 is 0 Å². The topological polar surface area (TPSA) is 101 Å². The summed E-state index contributed by atoms with van der Waals surface area (Å²) in [7, 11) is -2.37. The van der Waals surface area contributed by atoms with Crippen molar-refractivity contribution in [2.75, 3.05) is 0 Å². The number of aromatic nitrogens is 2. The Hall–Kier alpha value is -1.41. The smallest absolute Gasteiger partial charge is 0.321 e.